The largest absolute Gasteiger partial charge is 0.311 e. The minimum atomic E-state index is 0.480. The summed E-state index contributed by atoms with van der Waals surface area (Å²) in [7, 11) is 0. The highest BCUT2D eigenvalue weighted by Crippen LogP contribution is 2.28. The van der Waals surface area contributed by atoms with Gasteiger partial charge in [0.2, 0.25) is 0 Å². The number of aromatic nitrogens is 3. The molecule has 4 nitrogen and oxygen atoms in total. The highest BCUT2D eigenvalue weighted by molar-refractivity contribution is 6.35. The van der Waals surface area contributed by atoms with Crippen molar-refractivity contribution in [2.24, 2.45) is 0 Å². The van der Waals surface area contributed by atoms with E-state index in [1.807, 2.05) is 0 Å². The maximum absolute atomic E-state index is 6.23. The summed E-state index contributed by atoms with van der Waals surface area (Å²) in [5.41, 5.74) is 4.05. The second-order valence-corrected chi connectivity index (χ2v) is 5.92. The first-order valence-electron chi connectivity index (χ1n) is 7.10. The molecular weight excluding hydrogens is 307 g/mol. The maximum Gasteiger partial charge on any atom is 0.180 e. The van der Waals surface area contributed by atoms with Gasteiger partial charge in [-0.15, -0.1) is 0 Å². The fourth-order valence-electron chi connectivity index (χ4n) is 2.57. The molecule has 0 saturated carbocycles. The van der Waals surface area contributed by atoms with Crippen LogP contribution in [-0.4, -0.2) is 21.5 Å². The zero-order valence-electron chi connectivity index (χ0n) is 11.8. The Labute approximate surface area is 133 Å². The number of hydrogen-bond acceptors (Lipinski definition) is 4. The van der Waals surface area contributed by atoms with Crippen LogP contribution in [0.25, 0.3) is 11.5 Å². The molecule has 110 valence electrons. The molecule has 0 radical (unpaired) electrons. The summed E-state index contributed by atoms with van der Waals surface area (Å²) >= 11 is 12.1. The lowest BCUT2D eigenvalue weighted by Crippen LogP contribution is -2.26. The summed E-state index contributed by atoms with van der Waals surface area (Å²) in [6.07, 6.45) is 4.55. The Morgan fingerprint density at radius 2 is 2.14 bits per heavy atom. The number of rotatable bonds is 3. The monoisotopic (exact) mass is 322 g/mol. The van der Waals surface area contributed by atoms with Crippen LogP contribution in [0.2, 0.25) is 10.0 Å². The fourth-order valence-corrected chi connectivity index (χ4v) is 3.03. The lowest BCUT2D eigenvalue weighted by Gasteiger charge is -2.20. The van der Waals surface area contributed by atoms with Gasteiger partial charge >= 0.3 is 0 Å². The Balaban J connectivity index is 2.12. The van der Waals surface area contributed by atoms with E-state index in [1.54, 1.807) is 12.3 Å². The first-order valence-corrected chi connectivity index (χ1v) is 7.85. The second kappa shape index (κ2) is 6.26. The zero-order valence-corrected chi connectivity index (χ0v) is 13.3. The van der Waals surface area contributed by atoms with Crippen LogP contribution in [0.3, 0.4) is 0 Å². The van der Waals surface area contributed by atoms with E-state index in [2.05, 4.69) is 22.2 Å². The van der Waals surface area contributed by atoms with Crippen LogP contribution in [0, 0.1) is 0 Å². The highest BCUT2D eigenvalue weighted by atomic mass is 35.5. The molecule has 0 saturated heterocycles. The number of hydrogen-bond donors (Lipinski definition) is 1. The van der Waals surface area contributed by atoms with Crippen molar-refractivity contribution in [2.45, 2.75) is 32.7 Å². The number of halogens is 2. The zero-order chi connectivity index (χ0) is 14.8. The van der Waals surface area contributed by atoms with Gasteiger partial charge in [0.1, 0.15) is 5.69 Å². The van der Waals surface area contributed by atoms with Crippen LogP contribution < -0.4 is 5.32 Å². The second-order valence-electron chi connectivity index (χ2n) is 5.08. The van der Waals surface area contributed by atoms with Crippen LogP contribution in [-0.2, 0) is 19.4 Å². The smallest absolute Gasteiger partial charge is 0.180 e. The van der Waals surface area contributed by atoms with Crippen molar-refractivity contribution in [1.82, 2.24) is 20.3 Å². The van der Waals surface area contributed by atoms with E-state index in [1.165, 1.54) is 5.56 Å². The number of aryl methyl sites for hydroxylation is 1. The van der Waals surface area contributed by atoms with E-state index in [-0.39, 0.29) is 0 Å². The van der Waals surface area contributed by atoms with Crippen molar-refractivity contribution in [1.29, 1.82) is 0 Å². The quantitative estimate of drug-likeness (QED) is 0.940. The van der Waals surface area contributed by atoms with Gasteiger partial charge in [0.25, 0.3) is 0 Å². The summed E-state index contributed by atoms with van der Waals surface area (Å²) < 4.78 is 0. The molecule has 1 aliphatic heterocycles. The molecule has 0 amide bonds. The van der Waals surface area contributed by atoms with Crippen molar-refractivity contribution in [2.75, 3.05) is 6.54 Å². The Hall–Kier alpha value is -1.23. The van der Waals surface area contributed by atoms with E-state index in [0.717, 1.165) is 43.7 Å². The van der Waals surface area contributed by atoms with E-state index in [4.69, 9.17) is 28.2 Å². The van der Waals surface area contributed by atoms with Gasteiger partial charge in [0.15, 0.2) is 5.82 Å². The lowest BCUT2D eigenvalue weighted by molar-refractivity contribution is 0.614. The summed E-state index contributed by atoms with van der Waals surface area (Å²) in [6, 6.07) is 1.67. The van der Waals surface area contributed by atoms with Crippen molar-refractivity contribution in [3.63, 3.8) is 0 Å². The van der Waals surface area contributed by atoms with Gasteiger partial charge in [-0.05, 0) is 31.0 Å². The van der Waals surface area contributed by atoms with Gasteiger partial charge in [0, 0.05) is 18.4 Å². The third kappa shape index (κ3) is 3.03. The Bertz CT molecular complexity index is 673. The molecule has 0 aliphatic carbocycles. The van der Waals surface area contributed by atoms with E-state index in [9.17, 15) is 0 Å². The topological polar surface area (TPSA) is 50.7 Å². The Morgan fingerprint density at radius 3 is 2.90 bits per heavy atom. The van der Waals surface area contributed by atoms with Gasteiger partial charge in [-0.2, -0.15) is 0 Å². The Morgan fingerprint density at radius 1 is 1.29 bits per heavy atom. The van der Waals surface area contributed by atoms with Crippen LogP contribution >= 0.6 is 23.2 Å². The van der Waals surface area contributed by atoms with E-state index < -0.39 is 0 Å². The van der Waals surface area contributed by atoms with E-state index >= 15 is 0 Å². The van der Waals surface area contributed by atoms with Crippen molar-refractivity contribution >= 4 is 23.2 Å². The molecule has 1 N–H and O–H groups in total. The Kier molecular flexibility index (Phi) is 4.38. The number of nitrogens with one attached hydrogen (secondary N) is 1. The maximum atomic E-state index is 6.23. The van der Waals surface area contributed by atoms with E-state index in [0.29, 0.717) is 21.6 Å². The molecule has 0 bridgehead atoms. The van der Waals surface area contributed by atoms with Gasteiger partial charge in [-0.1, -0.05) is 36.5 Å². The molecule has 2 aromatic rings. The van der Waals surface area contributed by atoms with Gasteiger partial charge in [-0.3, -0.25) is 0 Å². The average Bonchev–Trinajstić information content (AvgIpc) is 2.47. The highest BCUT2D eigenvalue weighted by Gasteiger charge is 2.19. The number of fused-ring (bicyclic) bond motifs is 1. The molecule has 2 aromatic heterocycles. The average molecular weight is 323 g/mol. The third-order valence-electron chi connectivity index (χ3n) is 3.53. The first-order chi connectivity index (χ1) is 10.2. The van der Waals surface area contributed by atoms with Gasteiger partial charge in [-0.25, -0.2) is 15.0 Å². The summed E-state index contributed by atoms with van der Waals surface area (Å²) in [4.78, 5) is 13.6. The molecule has 1 aliphatic rings. The van der Waals surface area contributed by atoms with Crippen LogP contribution in [0.5, 0.6) is 0 Å². The summed E-state index contributed by atoms with van der Waals surface area (Å²) in [5, 5.41) is 4.34. The van der Waals surface area contributed by atoms with Crippen molar-refractivity contribution in [3.05, 3.63) is 39.3 Å². The molecule has 0 atom stereocenters. The lowest BCUT2D eigenvalue weighted by atomic mass is 10.0. The molecule has 3 heterocycles. The molecule has 0 aromatic carbocycles. The molecule has 21 heavy (non-hydrogen) atoms. The predicted molar refractivity (Wildman–Crippen MR) is 84.7 cm³/mol. The minimum Gasteiger partial charge on any atom is -0.311 e. The van der Waals surface area contributed by atoms with Crippen LogP contribution in [0.4, 0.5) is 0 Å². The SMILES string of the molecule is CCCc1nc(-c2ncc(Cl)cc2Cl)nc2c1CCNC2. The summed E-state index contributed by atoms with van der Waals surface area (Å²) in [6.45, 7) is 3.90. The van der Waals surface area contributed by atoms with Crippen molar-refractivity contribution < 1.29 is 0 Å². The van der Waals surface area contributed by atoms with Crippen LogP contribution in [0.15, 0.2) is 12.3 Å². The molecule has 6 heteroatoms. The minimum absolute atomic E-state index is 0.480. The third-order valence-corrected chi connectivity index (χ3v) is 4.02. The fraction of sp³-hybridized carbons (Fsp3) is 0.400. The van der Waals surface area contributed by atoms with Gasteiger partial charge < -0.3 is 5.32 Å². The molecule has 0 fully saturated rings. The summed E-state index contributed by atoms with van der Waals surface area (Å²) in [5.74, 6) is 0.586. The normalized spacial score (nSPS) is 14.0. The molecular formula is C15H16Cl2N4. The number of pyridine rings is 1. The standard InChI is InChI=1S/C15H16Cl2N4/c1-2-3-12-10-4-5-18-8-13(10)21-15(20-12)14-11(17)6-9(16)7-19-14/h6-7,18H,2-5,8H2,1H3. The van der Waals surface area contributed by atoms with Crippen molar-refractivity contribution in [3.8, 4) is 11.5 Å². The molecule has 0 spiro atoms. The predicted octanol–water partition coefficient (Wildman–Crippen LogP) is 3.44. The first kappa shape index (κ1) is 14.7. The van der Waals surface area contributed by atoms with Gasteiger partial charge in [0.05, 0.1) is 15.7 Å². The number of nitrogens with zero attached hydrogens (tertiary/aromatic N) is 3. The molecule has 0 unspecified atom stereocenters. The van der Waals surface area contributed by atoms with Crippen LogP contribution in [0.1, 0.15) is 30.3 Å². The molecule has 3 rings (SSSR count).